The predicted molar refractivity (Wildman–Crippen MR) is 80.3 cm³/mol. The molecule has 0 bridgehead atoms. The molecule has 1 amide bonds. The second-order valence-electron chi connectivity index (χ2n) is 4.34. The van der Waals surface area contributed by atoms with Crippen molar-refractivity contribution in [1.29, 1.82) is 0 Å². The molecule has 0 aromatic rings. The smallest absolute Gasteiger partial charge is 0.215 e. The minimum absolute atomic E-state index is 0.0476. The molecule has 122 valence electrons. The highest BCUT2D eigenvalue weighted by atomic mass is 16.6. The first-order valence-electron chi connectivity index (χ1n) is 6.82. The molecule has 21 heavy (non-hydrogen) atoms. The standard InChI is InChI=1S/C11H20N4O4.C2H6/c1-14-9(13)2-3-15(7-17)10-8(18)4-11(5-12,6-16)19-10;1-2/h2-3,7-8,10,16,18H,4-6,12H2,1H3,(H2,13,14);1-2H3/b3-2-;/t8?,10?,11-;/m1./s1. The van der Waals surface area contributed by atoms with Gasteiger partial charge in [0.25, 0.3) is 0 Å². The van der Waals surface area contributed by atoms with Gasteiger partial charge in [0.2, 0.25) is 6.41 Å². The number of aliphatic hydroxyl groups is 2. The van der Waals surface area contributed by atoms with Crippen LogP contribution in [0.2, 0.25) is 0 Å². The van der Waals surface area contributed by atoms with E-state index in [-0.39, 0.29) is 25.4 Å². The van der Waals surface area contributed by atoms with E-state index < -0.39 is 17.9 Å². The molecule has 0 radical (unpaired) electrons. The predicted octanol–water partition coefficient (Wildman–Crippen LogP) is -1.23. The molecule has 0 spiro atoms. The van der Waals surface area contributed by atoms with Crippen LogP contribution in [0.5, 0.6) is 0 Å². The molecule has 8 nitrogen and oxygen atoms in total. The van der Waals surface area contributed by atoms with Gasteiger partial charge in [0, 0.05) is 26.2 Å². The van der Waals surface area contributed by atoms with Crippen molar-refractivity contribution >= 4 is 12.2 Å². The van der Waals surface area contributed by atoms with E-state index in [0.29, 0.717) is 6.41 Å². The van der Waals surface area contributed by atoms with Crippen LogP contribution < -0.4 is 11.5 Å². The number of amides is 1. The quantitative estimate of drug-likeness (QED) is 0.276. The van der Waals surface area contributed by atoms with Crippen molar-refractivity contribution < 1.29 is 19.7 Å². The van der Waals surface area contributed by atoms with Crippen molar-refractivity contribution in [2.24, 2.45) is 16.5 Å². The lowest BCUT2D eigenvalue weighted by molar-refractivity contribution is -0.144. The Morgan fingerprint density at radius 2 is 2.19 bits per heavy atom. The summed E-state index contributed by atoms with van der Waals surface area (Å²) < 4.78 is 5.52. The lowest BCUT2D eigenvalue weighted by Gasteiger charge is -2.27. The van der Waals surface area contributed by atoms with Gasteiger partial charge in [-0.1, -0.05) is 13.8 Å². The number of ether oxygens (including phenoxy) is 1. The van der Waals surface area contributed by atoms with Crippen molar-refractivity contribution in [3.8, 4) is 0 Å². The highest BCUT2D eigenvalue weighted by Gasteiger charge is 2.46. The third-order valence-corrected chi connectivity index (χ3v) is 3.03. The molecule has 8 heteroatoms. The topological polar surface area (TPSA) is 134 Å². The lowest BCUT2D eigenvalue weighted by atomic mass is 10.0. The van der Waals surface area contributed by atoms with Crippen LogP contribution in [0.25, 0.3) is 0 Å². The summed E-state index contributed by atoms with van der Waals surface area (Å²) in [6.45, 7) is 3.72. The Hall–Kier alpha value is -1.48. The van der Waals surface area contributed by atoms with E-state index >= 15 is 0 Å². The van der Waals surface area contributed by atoms with Gasteiger partial charge in [-0.15, -0.1) is 0 Å². The Labute approximate surface area is 125 Å². The van der Waals surface area contributed by atoms with Gasteiger partial charge in [0.1, 0.15) is 17.5 Å². The molecule has 1 aliphatic rings. The van der Waals surface area contributed by atoms with Gasteiger partial charge in [-0.2, -0.15) is 0 Å². The van der Waals surface area contributed by atoms with E-state index in [1.54, 1.807) is 0 Å². The zero-order valence-electron chi connectivity index (χ0n) is 12.8. The Bertz CT molecular complexity index is 369. The van der Waals surface area contributed by atoms with E-state index in [2.05, 4.69) is 4.99 Å². The molecule has 6 N–H and O–H groups in total. The summed E-state index contributed by atoms with van der Waals surface area (Å²) in [6.07, 6.45) is 1.57. The zero-order valence-corrected chi connectivity index (χ0v) is 12.8. The summed E-state index contributed by atoms with van der Waals surface area (Å²) in [6, 6.07) is 0. The minimum Gasteiger partial charge on any atom is -0.393 e. The van der Waals surface area contributed by atoms with E-state index in [4.69, 9.17) is 16.2 Å². The van der Waals surface area contributed by atoms with E-state index in [0.717, 1.165) is 4.90 Å². The normalized spacial score (nSPS) is 29.1. The number of rotatable bonds is 6. The lowest BCUT2D eigenvalue weighted by Crippen LogP contribution is -2.43. The summed E-state index contributed by atoms with van der Waals surface area (Å²) >= 11 is 0. The fourth-order valence-electron chi connectivity index (χ4n) is 1.84. The summed E-state index contributed by atoms with van der Waals surface area (Å²) in [4.78, 5) is 15.9. The molecule has 0 aromatic heterocycles. The summed E-state index contributed by atoms with van der Waals surface area (Å²) in [5.41, 5.74) is 9.98. The largest absolute Gasteiger partial charge is 0.393 e. The molecule has 1 aliphatic heterocycles. The number of amidine groups is 1. The van der Waals surface area contributed by atoms with E-state index in [9.17, 15) is 15.0 Å². The number of aliphatic hydroxyl groups excluding tert-OH is 2. The molecule has 1 rings (SSSR count). The second kappa shape index (κ2) is 9.46. The average Bonchev–Trinajstić information content (AvgIpc) is 2.87. The molecule has 1 saturated heterocycles. The number of nitrogens with zero attached hydrogens (tertiary/aromatic N) is 2. The van der Waals surface area contributed by atoms with Gasteiger partial charge in [-0.05, 0) is 6.08 Å². The molecule has 0 aromatic carbocycles. The molecular formula is C13H26N4O4. The Balaban J connectivity index is 0.00000191. The Morgan fingerprint density at radius 3 is 2.57 bits per heavy atom. The van der Waals surface area contributed by atoms with Crippen molar-refractivity contribution in [1.82, 2.24) is 4.90 Å². The first kappa shape index (κ1) is 19.5. The van der Waals surface area contributed by atoms with Crippen LogP contribution in [0.4, 0.5) is 0 Å². The average molecular weight is 302 g/mol. The van der Waals surface area contributed by atoms with E-state index in [1.807, 2.05) is 13.8 Å². The Morgan fingerprint density at radius 1 is 1.57 bits per heavy atom. The molecule has 3 atom stereocenters. The monoisotopic (exact) mass is 302 g/mol. The number of carbonyl (C=O) groups is 1. The molecule has 0 saturated carbocycles. The van der Waals surface area contributed by atoms with Gasteiger partial charge in [0.15, 0.2) is 6.23 Å². The van der Waals surface area contributed by atoms with Gasteiger partial charge in [-0.3, -0.25) is 14.7 Å². The number of nitrogens with two attached hydrogens (primary N) is 2. The fourth-order valence-corrected chi connectivity index (χ4v) is 1.84. The molecule has 1 heterocycles. The summed E-state index contributed by atoms with van der Waals surface area (Å²) in [5.74, 6) is 0.228. The Kier molecular flexibility index (Phi) is 8.79. The SMILES string of the molecule is CC.CN=C(N)/C=C\N(C=O)C1O[C@](CN)(CO)CC1O. The highest BCUT2D eigenvalue weighted by Crippen LogP contribution is 2.31. The number of aliphatic imine (C=N–C) groups is 1. The van der Waals surface area contributed by atoms with Crippen LogP contribution in [0.1, 0.15) is 20.3 Å². The molecule has 1 fully saturated rings. The molecule has 2 unspecified atom stereocenters. The first-order valence-corrected chi connectivity index (χ1v) is 6.82. The van der Waals surface area contributed by atoms with Crippen LogP contribution in [-0.4, -0.2) is 65.5 Å². The second-order valence-corrected chi connectivity index (χ2v) is 4.34. The van der Waals surface area contributed by atoms with Crippen molar-refractivity contribution in [2.45, 2.75) is 38.2 Å². The van der Waals surface area contributed by atoms with Gasteiger partial charge in [0.05, 0.1) is 6.61 Å². The third kappa shape index (κ3) is 5.09. The maximum atomic E-state index is 11.0. The van der Waals surface area contributed by atoms with Gasteiger partial charge < -0.3 is 26.4 Å². The fraction of sp³-hybridized carbons (Fsp3) is 0.692. The van der Waals surface area contributed by atoms with Crippen LogP contribution >= 0.6 is 0 Å². The van der Waals surface area contributed by atoms with Gasteiger partial charge >= 0.3 is 0 Å². The highest BCUT2D eigenvalue weighted by molar-refractivity contribution is 5.91. The number of carbonyl (C=O) groups excluding carboxylic acids is 1. The van der Waals surface area contributed by atoms with Crippen molar-refractivity contribution in [3.05, 3.63) is 12.3 Å². The van der Waals surface area contributed by atoms with Crippen molar-refractivity contribution in [2.75, 3.05) is 20.2 Å². The summed E-state index contributed by atoms with van der Waals surface area (Å²) in [5, 5.41) is 19.2. The maximum absolute atomic E-state index is 11.0. The number of hydrogen-bond acceptors (Lipinski definition) is 6. The summed E-state index contributed by atoms with van der Waals surface area (Å²) in [7, 11) is 1.51. The minimum atomic E-state index is -1.02. The van der Waals surface area contributed by atoms with Crippen LogP contribution in [0.15, 0.2) is 17.3 Å². The zero-order chi connectivity index (χ0) is 16.5. The van der Waals surface area contributed by atoms with Crippen LogP contribution in [0.3, 0.4) is 0 Å². The maximum Gasteiger partial charge on any atom is 0.215 e. The molecule has 0 aliphatic carbocycles. The van der Waals surface area contributed by atoms with Crippen LogP contribution in [0, 0.1) is 0 Å². The van der Waals surface area contributed by atoms with Crippen molar-refractivity contribution in [3.63, 3.8) is 0 Å². The first-order chi connectivity index (χ1) is 10.0. The van der Waals surface area contributed by atoms with Gasteiger partial charge in [-0.25, -0.2) is 0 Å². The van der Waals surface area contributed by atoms with E-state index in [1.165, 1.54) is 19.3 Å². The number of hydrogen-bond donors (Lipinski definition) is 4. The van der Waals surface area contributed by atoms with Crippen LogP contribution in [-0.2, 0) is 9.53 Å². The third-order valence-electron chi connectivity index (χ3n) is 3.03. The molecular weight excluding hydrogens is 276 g/mol.